The van der Waals surface area contributed by atoms with Gasteiger partial charge < -0.3 is 26.4 Å². The first kappa shape index (κ1) is 17.8. The highest BCUT2D eigenvalue weighted by atomic mass is 16.3. The summed E-state index contributed by atoms with van der Waals surface area (Å²) in [6.07, 6.45) is 1.41. The average Bonchev–Trinajstić information content (AvgIpc) is 2.57. The molecule has 2 aromatic carbocycles. The van der Waals surface area contributed by atoms with Gasteiger partial charge in [-0.1, -0.05) is 12.1 Å². The Balaban J connectivity index is 1.94. The summed E-state index contributed by atoms with van der Waals surface area (Å²) < 4.78 is 0. The van der Waals surface area contributed by atoms with E-state index in [0.29, 0.717) is 47.4 Å². The lowest BCUT2D eigenvalue weighted by Crippen LogP contribution is -2.05. The van der Waals surface area contributed by atoms with Gasteiger partial charge in [0.1, 0.15) is 11.5 Å². The molecule has 1 atom stereocenters. The lowest BCUT2D eigenvalue weighted by atomic mass is 10.0. The maximum absolute atomic E-state index is 10.2. The molecule has 0 aliphatic heterocycles. The van der Waals surface area contributed by atoms with Crippen LogP contribution in [0.2, 0.25) is 0 Å². The van der Waals surface area contributed by atoms with Gasteiger partial charge in [-0.3, -0.25) is 0 Å². The molecule has 7 heteroatoms. The normalized spacial score (nSPS) is 12.2. The van der Waals surface area contributed by atoms with Crippen LogP contribution >= 0.6 is 0 Å². The predicted molar refractivity (Wildman–Crippen MR) is 102 cm³/mol. The second kappa shape index (κ2) is 7.45. The largest absolute Gasteiger partial charge is 0.508 e. The molecule has 0 bridgehead atoms. The van der Waals surface area contributed by atoms with Gasteiger partial charge in [0, 0.05) is 17.7 Å². The van der Waals surface area contributed by atoms with Gasteiger partial charge in [0.15, 0.2) is 11.6 Å². The summed E-state index contributed by atoms with van der Waals surface area (Å²) in [6.45, 7) is 1.72. The molecule has 1 heterocycles. The van der Waals surface area contributed by atoms with Crippen LogP contribution in [0.3, 0.4) is 0 Å². The quantitative estimate of drug-likeness (QED) is 0.461. The topological polar surface area (TPSA) is 125 Å². The Morgan fingerprint density at radius 2 is 1.81 bits per heavy atom. The van der Waals surface area contributed by atoms with Gasteiger partial charge in [-0.25, -0.2) is 9.97 Å². The fourth-order valence-electron chi connectivity index (χ4n) is 2.82. The lowest BCUT2D eigenvalue weighted by Gasteiger charge is -2.15. The Hall–Kier alpha value is -3.06. The van der Waals surface area contributed by atoms with Gasteiger partial charge in [-0.2, -0.15) is 0 Å². The van der Waals surface area contributed by atoms with E-state index in [0.717, 1.165) is 0 Å². The fraction of sp³-hybridized carbons (Fsp3) is 0.263. The van der Waals surface area contributed by atoms with E-state index in [1.54, 1.807) is 6.92 Å². The molecular weight excluding hydrogens is 332 g/mol. The number of benzene rings is 2. The zero-order chi connectivity index (χ0) is 18.7. The van der Waals surface area contributed by atoms with E-state index in [1.807, 2.05) is 24.3 Å². The Bertz CT molecular complexity index is 928. The molecule has 1 aromatic heterocycles. The number of nitrogens with one attached hydrogen (secondary N) is 1. The van der Waals surface area contributed by atoms with Crippen molar-refractivity contribution in [1.29, 1.82) is 0 Å². The van der Waals surface area contributed by atoms with E-state index in [4.69, 9.17) is 5.73 Å². The van der Waals surface area contributed by atoms with Crippen LogP contribution in [0.1, 0.15) is 25.3 Å². The van der Waals surface area contributed by atoms with Crippen LogP contribution in [0.25, 0.3) is 11.0 Å². The van der Waals surface area contributed by atoms with E-state index in [-0.39, 0.29) is 17.3 Å². The number of nitrogen functional groups attached to an aromatic ring is 1. The van der Waals surface area contributed by atoms with Gasteiger partial charge in [-0.05, 0) is 38.3 Å². The molecule has 0 spiro atoms. The number of rotatable bonds is 6. The molecule has 0 radical (unpaired) electrons. The second-order valence-electron chi connectivity index (χ2n) is 6.30. The second-order valence-corrected chi connectivity index (χ2v) is 6.30. The number of fused-ring (bicyclic) bond motifs is 1. The number of nitrogens with zero attached hydrogens (tertiary/aromatic N) is 2. The minimum Gasteiger partial charge on any atom is -0.508 e. The van der Waals surface area contributed by atoms with E-state index in [1.165, 1.54) is 12.1 Å². The van der Waals surface area contributed by atoms with Crippen LogP contribution in [0.5, 0.6) is 11.5 Å². The van der Waals surface area contributed by atoms with Crippen LogP contribution in [-0.4, -0.2) is 31.4 Å². The first-order valence-corrected chi connectivity index (χ1v) is 8.46. The molecule has 0 saturated heterocycles. The van der Waals surface area contributed by atoms with Gasteiger partial charge in [0.25, 0.3) is 0 Å². The van der Waals surface area contributed by atoms with Crippen molar-refractivity contribution < 1.29 is 15.3 Å². The summed E-state index contributed by atoms with van der Waals surface area (Å²) in [6, 6.07) is 10.2. The predicted octanol–water partition coefficient (Wildman–Crippen LogP) is 3.07. The first-order chi connectivity index (χ1) is 12.4. The highest BCUT2D eigenvalue weighted by Crippen LogP contribution is 2.35. The minimum atomic E-state index is -0.410. The fourth-order valence-corrected chi connectivity index (χ4v) is 2.82. The summed E-state index contributed by atoms with van der Waals surface area (Å²) in [5.41, 5.74) is 8.50. The first-order valence-electron chi connectivity index (χ1n) is 8.46. The third kappa shape index (κ3) is 3.94. The third-order valence-electron chi connectivity index (χ3n) is 4.11. The number of hydrogen-bond donors (Lipinski definition) is 5. The van der Waals surface area contributed by atoms with Gasteiger partial charge in [0.2, 0.25) is 0 Å². The molecule has 26 heavy (non-hydrogen) atoms. The standard InChI is InChI=1S/C19H22N4O3/c1-11(24)5-4-6-13-16(9-12(25)10-17(13)26)23-19-18(20)21-14-7-2-3-8-15(14)22-19/h2-3,7-11,24-26H,4-6H2,1H3,(H2,20,21)(H,22,23). The summed E-state index contributed by atoms with van der Waals surface area (Å²) >= 11 is 0. The van der Waals surface area contributed by atoms with Gasteiger partial charge >= 0.3 is 0 Å². The van der Waals surface area contributed by atoms with E-state index in [9.17, 15) is 15.3 Å². The molecule has 0 amide bonds. The molecule has 7 nitrogen and oxygen atoms in total. The number of anilines is 3. The molecule has 3 aromatic rings. The molecular formula is C19H22N4O3. The third-order valence-corrected chi connectivity index (χ3v) is 4.11. The van der Waals surface area contributed by atoms with E-state index >= 15 is 0 Å². The molecule has 136 valence electrons. The number of aromatic nitrogens is 2. The Morgan fingerprint density at radius 3 is 2.50 bits per heavy atom. The van der Waals surface area contributed by atoms with Crippen molar-refractivity contribution in [3.63, 3.8) is 0 Å². The highest BCUT2D eigenvalue weighted by molar-refractivity contribution is 5.81. The number of aliphatic hydroxyl groups is 1. The average molecular weight is 354 g/mol. The molecule has 6 N–H and O–H groups in total. The summed E-state index contributed by atoms with van der Waals surface area (Å²) in [7, 11) is 0. The maximum atomic E-state index is 10.2. The summed E-state index contributed by atoms with van der Waals surface area (Å²) in [5, 5.41) is 32.6. The summed E-state index contributed by atoms with van der Waals surface area (Å²) in [4.78, 5) is 8.80. The van der Waals surface area contributed by atoms with Crippen LogP contribution in [0.15, 0.2) is 36.4 Å². The van der Waals surface area contributed by atoms with Crippen LogP contribution in [0.4, 0.5) is 17.3 Å². The van der Waals surface area contributed by atoms with Crippen molar-refractivity contribution in [2.75, 3.05) is 11.1 Å². The zero-order valence-electron chi connectivity index (χ0n) is 14.5. The Morgan fingerprint density at radius 1 is 1.12 bits per heavy atom. The van der Waals surface area contributed by atoms with Crippen LogP contribution < -0.4 is 11.1 Å². The maximum Gasteiger partial charge on any atom is 0.174 e. The molecule has 0 aliphatic rings. The number of nitrogens with two attached hydrogens (primary N) is 1. The molecule has 3 rings (SSSR count). The molecule has 1 unspecified atom stereocenters. The smallest absolute Gasteiger partial charge is 0.174 e. The number of aliphatic hydroxyl groups excluding tert-OH is 1. The van der Waals surface area contributed by atoms with Crippen molar-refractivity contribution in [1.82, 2.24) is 9.97 Å². The summed E-state index contributed by atoms with van der Waals surface area (Å²) in [5.74, 6) is 0.481. The number of aromatic hydroxyl groups is 2. The van der Waals surface area contributed by atoms with Gasteiger partial charge in [0.05, 0.1) is 22.8 Å². The highest BCUT2D eigenvalue weighted by Gasteiger charge is 2.14. The van der Waals surface area contributed by atoms with Crippen LogP contribution in [-0.2, 0) is 6.42 Å². The molecule has 0 fully saturated rings. The van der Waals surface area contributed by atoms with Crippen molar-refractivity contribution in [2.45, 2.75) is 32.3 Å². The van der Waals surface area contributed by atoms with Crippen molar-refractivity contribution in [3.8, 4) is 11.5 Å². The van der Waals surface area contributed by atoms with Crippen molar-refractivity contribution >= 4 is 28.4 Å². The Kier molecular flexibility index (Phi) is 5.09. The monoisotopic (exact) mass is 354 g/mol. The van der Waals surface area contributed by atoms with E-state index < -0.39 is 6.10 Å². The van der Waals surface area contributed by atoms with E-state index in [2.05, 4.69) is 15.3 Å². The number of phenolic OH excluding ortho intramolecular Hbond substituents is 2. The SMILES string of the molecule is CC(O)CCCc1c(O)cc(O)cc1Nc1nc2ccccc2nc1N. The number of phenols is 2. The lowest BCUT2D eigenvalue weighted by molar-refractivity contribution is 0.181. The molecule has 0 aliphatic carbocycles. The molecule has 0 saturated carbocycles. The number of hydrogen-bond acceptors (Lipinski definition) is 7. The van der Waals surface area contributed by atoms with Crippen LogP contribution in [0, 0.1) is 0 Å². The van der Waals surface area contributed by atoms with Gasteiger partial charge in [-0.15, -0.1) is 0 Å². The minimum absolute atomic E-state index is 0.0228. The number of para-hydroxylation sites is 2. The van der Waals surface area contributed by atoms with Crippen molar-refractivity contribution in [2.24, 2.45) is 0 Å². The van der Waals surface area contributed by atoms with Crippen molar-refractivity contribution in [3.05, 3.63) is 42.0 Å². The Labute approximate surface area is 151 Å². The zero-order valence-corrected chi connectivity index (χ0v) is 14.5.